The lowest BCUT2D eigenvalue weighted by Gasteiger charge is -2.28. The van der Waals surface area contributed by atoms with E-state index in [-0.39, 0.29) is 0 Å². The van der Waals surface area contributed by atoms with Gasteiger partial charge in [-0.25, -0.2) is 0 Å². The van der Waals surface area contributed by atoms with E-state index < -0.39 is 0 Å². The van der Waals surface area contributed by atoms with Crippen LogP contribution >= 0.6 is 0 Å². The van der Waals surface area contributed by atoms with Crippen molar-refractivity contribution in [3.63, 3.8) is 0 Å². The Morgan fingerprint density at radius 3 is 2.86 bits per heavy atom. The van der Waals surface area contributed by atoms with Crippen LogP contribution in [0.3, 0.4) is 0 Å². The van der Waals surface area contributed by atoms with Crippen molar-refractivity contribution < 1.29 is 9.57 Å². The average molecular weight is 193 g/mol. The maximum Gasteiger partial charge on any atom is 0.0572 e. The van der Waals surface area contributed by atoms with E-state index in [2.05, 4.69) is 29.7 Å². The predicted molar refractivity (Wildman–Crippen MR) is 53.9 cm³/mol. The van der Waals surface area contributed by atoms with E-state index >= 15 is 0 Å². The molecule has 0 radical (unpaired) electrons. The van der Waals surface area contributed by atoms with Crippen LogP contribution in [0.1, 0.15) is 17.0 Å². The predicted octanol–water partition coefficient (Wildman–Crippen LogP) is 1.45. The molecule has 1 saturated heterocycles. The van der Waals surface area contributed by atoms with Crippen LogP contribution in [0, 0.1) is 0 Å². The van der Waals surface area contributed by atoms with Crippen LogP contribution in [0.15, 0.2) is 24.3 Å². The van der Waals surface area contributed by atoms with Gasteiger partial charge in [-0.15, -0.1) is 0 Å². The van der Waals surface area contributed by atoms with Crippen molar-refractivity contribution in [2.75, 3.05) is 20.3 Å². The minimum Gasteiger partial charge on any atom is -0.380 e. The molecule has 1 aliphatic heterocycles. The smallest absolute Gasteiger partial charge is 0.0572 e. The molecule has 0 unspecified atom stereocenters. The lowest BCUT2D eigenvalue weighted by atomic mass is 9.93. The van der Waals surface area contributed by atoms with Crippen LogP contribution in [0.25, 0.3) is 0 Å². The van der Waals surface area contributed by atoms with Gasteiger partial charge in [0, 0.05) is 12.5 Å². The van der Waals surface area contributed by atoms with Gasteiger partial charge in [0.15, 0.2) is 0 Å². The molecule has 0 bridgehead atoms. The van der Waals surface area contributed by atoms with E-state index in [9.17, 15) is 0 Å². The molecule has 3 nitrogen and oxygen atoms in total. The van der Waals surface area contributed by atoms with Crippen LogP contribution in [-0.2, 0) is 16.1 Å². The Kier molecular flexibility index (Phi) is 3.14. The first-order valence-corrected chi connectivity index (χ1v) is 4.83. The quantitative estimate of drug-likeness (QED) is 0.734. The molecule has 1 aromatic rings. The van der Waals surface area contributed by atoms with E-state index in [1.54, 1.807) is 7.11 Å². The van der Waals surface area contributed by atoms with Crippen molar-refractivity contribution in [1.29, 1.82) is 0 Å². The van der Waals surface area contributed by atoms with Crippen molar-refractivity contribution in [2.45, 2.75) is 12.5 Å². The Hall–Kier alpha value is -0.900. The number of hydrogen-bond donors (Lipinski definition) is 1. The summed E-state index contributed by atoms with van der Waals surface area (Å²) in [6.45, 7) is 2.46. The summed E-state index contributed by atoms with van der Waals surface area (Å²) in [5.41, 5.74) is 5.54. The number of hydroxylamine groups is 1. The van der Waals surface area contributed by atoms with E-state index in [1.165, 1.54) is 11.1 Å². The average Bonchev–Trinajstić information content (AvgIpc) is 2.14. The second-order valence-corrected chi connectivity index (χ2v) is 3.46. The number of nitrogens with one attached hydrogen (secondary N) is 1. The molecule has 1 heterocycles. The monoisotopic (exact) mass is 193 g/mol. The first kappa shape index (κ1) is 9.65. The molecule has 0 aromatic heterocycles. The summed E-state index contributed by atoms with van der Waals surface area (Å²) in [5, 5.41) is 0. The molecule has 0 saturated carbocycles. The lowest BCUT2D eigenvalue weighted by molar-refractivity contribution is 0.00759. The van der Waals surface area contributed by atoms with Gasteiger partial charge in [-0.1, -0.05) is 24.3 Å². The highest BCUT2D eigenvalue weighted by atomic mass is 16.6. The highest BCUT2D eigenvalue weighted by Gasteiger charge is 2.22. The molecule has 0 amide bonds. The summed E-state index contributed by atoms with van der Waals surface area (Å²) in [6.07, 6.45) is 0. The van der Waals surface area contributed by atoms with Crippen molar-refractivity contribution in [3.8, 4) is 0 Å². The van der Waals surface area contributed by atoms with Gasteiger partial charge in [0.2, 0.25) is 0 Å². The third kappa shape index (κ3) is 1.95. The summed E-state index contributed by atoms with van der Waals surface area (Å²) >= 11 is 0. The second-order valence-electron chi connectivity index (χ2n) is 3.46. The van der Waals surface area contributed by atoms with E-state index in [0.717, 1.165) is 19.8 Å². The SMILES string of the molecule is CONCc1ccccc1C1COC1. The zero-order valence-corrected chi connectivity index (χ0v) is 8.32. The summed E-state index contributed by atoms with van der Waals surface area (Å²) in [6, 6.07) is 8.42. The number of benzene rings is 1. The second kappa shape index (κ2) is 4.55. The lowest BCUT2D eigenvalue weighted by Crippen LogP contribution is -2.27. The summed E-state index contributed by atoms with van der Waals surface area (Å²) < 4.78 is 5.20. The highest BCUT2D eigenvalue weighted by molar-refractivity contribution is 5.31. The van der Waals surface area contributed by atoms with Crippen LogP contribution in [-0.4, -0.2) is 20.3 Å². The van der Waals surface area contributed by atoms with Gasteiger partial charge in [0.1, 0.15) is 0 Å². The molecule has 76 valence electrons. The van der Waals surface area contributed by atoms with Crippen molar-refractivity contribution in [1.82, 2.24) is 5.48 Å². The number of rotatable bonds is 4. The van der Waals surface area contributed by atoms with Crippen LogP contribution in [0.4, 0.5) is 0 Å². The van der Waals surface area contributed by atoms with E-state index in [0.29, 0.717) is 5.92 Å². The van der Waals surface area contributed by atoms with Crippen LogP contribution < -0.4 is 5.48 Å². The van der Waals surface area contributed by atoms with Gasteiger partial charge in [0.05, 0.1) is 20.3 Å². The zero-order chi connectivity index (χ0) is 9.80. The van der Waals surface area contributed by atoms with Gasteiger partial charge < -0.3 is 9.57 Å². The first-order valence-electron chi connectivity index (χ1n) is 4.83. The molecule has 0 aliphatic carbocycles. The largest absolute Gasteiger partial charge is 0.380 e. The van der Waals surface area contributed by atoms with Gasteiger partial charge in [-0.2, -0.15) is 5.48 Å². The third-order valence-corrected chi connectivity index (χ3v) is 2.54. The molecule has 14 heavy (non-hydrogen) atoms. The summed E-state index contributed by atoms with van der Waals surface area (Å²) in [7, 11) is 1.63. The Morgan fingerprint density at radius 2 is 2.21 bits per heavy atom. The molecular weight excluding hydrogens is 178 g/mol. The Labute approximate surface area is 84.0 Å². The minimum absolute atomic E-state index is 0.574. The van der Waals surface area contributed by atoms with Gasteiger partial charge >= 0.3 is 0 Å². The van der Waals surface area contributed by atoms with Crippen molar-refractivity contribution in [3.05, 3.63) is 35.4 Å². The maximum absolute atomic E-state index is 5.20. The van der Waals surface area contributed by atoms with E-state index in [4.69, 9.17) is 9.57 Å². The molecule has 0 spiro atoms. The molecular formula is C11H15NO2. The number of hydrogen-bond acceptors (Lipinski definition) is 3. The molecule has 1 fully saturated rings. The fourth-order valence-corrected chi connectivity index (χ4v) is 1.66. The molecule has 0 atom stereocenters. The topological polar surface area (TPSA) is 30.5 Å². The molecule has 3 heteroatoms. The normalized spacial score (nSPS) is 16.6. The third-order valence-electron chi connectivity index (χ3n) is 2.54. The summed E-state index contributed by atoms with van der Waals surface area (Å²) in [5.74, 6) is 0.574. The zero-order valence-electron chi connectivity index (χ0n) is 8.32. The van der Waals surface area contributed by atoms with Gasteiger partial charge in [0.25, 0.3) is 0 Å². The fraction of sp³-hybridized carbons (Fsp3) is 0.455. The van der Waals surface area contributed by atoms with Crippen LogP contribution in [0.2, 0.25) is 0 Å². The number of ether oxygens (including phenoxy) is 1. The Morgan fingerprint density at radius 1 is 1.43 bits per heavy atom. The molecule has 2 rings (SSSR count). The Bertz CT molecular complexity index is 297. The fourth-order valence-electron chi connectivity index (χ4n) is 1.66. The van der Waals surface area contributed by atoms with E-state index in [1.807, 2.05) is 0 Å². The van der Waals surface area contributed by atoms with Gasteiger partial charge in [-0.3, -0.25) is 0 Å². The summed E-state index contributed by atoms with van der Waals surface area (Å²) in [4.78, 5) is 4.85. The molecule has 1 N–H and O–H groups in total. The first-order chi connectivity index (χ1) is 6.92. The van der Waals surface area contributed by atoms with Crippen molar-refractivity contribution >= 4 is 0 Å². The Balaban J connectivity index is 2.11. The standard InChI is InChI=1S/C11H15NO2/c1-13-12-6-9-4-2-3-5-11(9)10-7-14-8-10/h2-5,10,12H,6-8H2,1H3. The van der Waals surface area contributed by atoms with Crippen molar-refractivity contribution in [2.24, 2.45) is 0 Å². The van der Waals surface area contributed by atoms with Gasteiger partial charge in [-0.05, 0) is 11.1 Å². The van der Waals surface area contributed by atoms with Crippen LogP contribution in [0.5, 0.6) is 0 Å². The molecule has 1 aromatic carbocycles. The minimum atomic E-state index is 0.574. The maximum atomic E-state index is 5.20. The molecule has 1 aliphatic rings. The highest BCUT2D eigenvalue weighted by Crippen LogP contribution is 2.26.